The Kier molecular flexibility index (Phi) is 3.19. The zero-order valence-electron chi connectivity index (χ0n) is 9.09. The zero-order valence-corrected chi connectivity index (χ0v) is 11.9. The molecule has 1 aromatic heterocycles. The van der Waals surface area contributed by atoms with Crippen molar-refractivity contribution in [3.63, 3.8) is 0 Å². The standard InChI is InChI=1S/C7H7N2O.3CH3.Sn/c1-5-6(7(8)10)3-2-4-9-5;;;;/h2-3H,1H3,(H2,8,10);3*1H3;. The van der Waals surface area contributed by atoms with Crippen molar-refractivity contribution in [2.24, 2.45) is 5.73 Å². The molecule has 0 atom stereocenters. The van der Waals surface area contributed by atoms with E-state index in [1.807, 2.05) is 13.0 Å². The molecule has 0 spiro atoms. The van der Waals surface area contributed by atoms with Crippen molar-refractivity contribution in [1.29, 1.82) is 0 Å². The molecule has 1 heterocycles. The fourth-order valence-corrected chi connectivity index (χ4v) is 4.34. The van der Waals surface area contributed by atoms with Crippen LogP contribution in [0.2, 0.25) is 14.8 Å². The van der Waals surface area contributed by atoms with Crippen LogP contribution in [0, 0.1) is 6.92 Å². The molecule has 0 saturated carbocycles. The number of amides is 1. The van der Waals surface area contributed by atoms with Crippen molar-refractivity contribution in [2.75, 3.05) is 0 Å². The topological polar surface area (TPSA) is 56.0 Å². The van der Waals surface area contributed by atoms with Crippen molar-refractivity contribution in [3.05, 3.63) is 23.4 Å². The summed E-state index contributed by atoms with van der Waals surface area (Å²) in [5.74, 6) is -0.398. The van der Waals surface area contributed by atoms with Gasteiger partial charge in [-0.2, -0.15) is 0 Å². The fraction of sp³-hybridized carbons (Fsp3) is 0.400. The van der Waals surface area contributed by atoms with Crippen molar-refractivity contribution in [2.45, 2.75) is 21.7 Å². The maximum absolute atomic E-state index is 11.0. The molecule has 1 aromatic rings. The Bertz CT molecular complexity index is 369. The van der Waals surface area contributed by atoms with Crippen LogP contribution in [0.25, 0.3) is 0 Å². The second kappa shape index (κ2) is 3.88. The van der Waals surface area contributed by atoms with Gasteiger partial charge in [0.2, 0.25) is 0 Å². The van der Waals surface area contributed by atoms with E-state index in [0.717, 1.165) is 5.69 Å². The predicted octanol–water partition coefficient (Wildman–Crippen LogP) is 1.03. The summed E-state index contributed by atoms with van der Waals surface area (Å²) in [7, 11) is 0. The Morgan fingerprint density at radius 1 is 1.36 bits per heavy atom. The van der Waals surface area contributed by atoms with E-state index in [9.17, 15) is 4.79 Å². The van der Waals surface area contributed by atoms with Crippen molar-refractivity contribution in [1.82, 2.24) is 4.98 Å². The summed E-state index contributed by atoms with van der Waals surface area (Å²) in [6, 6.07) is 3.74. The van der Waals surface area contributed by atoms with E-state index in [4.69, 9.17) is 5.73 Å². The first-order valence-electron chi connectivity index (χ1n) is 4.60. The molecule has 76 valence electrons. The van der Waals surface area contributed by atoms with Gasteiger partial charge in [0.15, 0.2) is 0 Å². The van der Waals surface area contributed by atoms with Crippen LogP contribution in [0.3, 0.4) is 0 Å². The fourth-order valence-electron chi connectivity index (χ4n) is 1.24. The van der Waals surface area contributed by atoms with Crippen LogP contribution < -0.4 is 9.44 Å². The Morgan fingerprint density at radius 2 is 1.93 bits per heavy atom. The minimum atomic E-state index is -2.10. The maximum atomic E-state index is 11.0. The number of pyridine rings is 1. The van der Waals surface area contributed by atoms with Crippen LogP contribution in [0.5, 0.6) is 0 Å². The molecule has 0 unspecified atom stereocenters. The van der Waals surface area contributed by atoms with Gasteiger partial charge in [-0.1, -0.05) is 0 Å². The number of hydrogen-bond donors (Lipinski definition) is 1. The predicted molar refractivity (Wildman–Crippen MR) is 60.5 cm³/mol. The average molecular weight is 299 g/mol. The minimum absolute atomic E-state index is 0.398. The van der Waals surface area contributed by atoms with Gasteiger partial charge in [0, 0.05) is 0 Å². The van der Waals surface area contributed by atoms with Crippen molar-refractivity contribution < 1.29 is 4.79 Å². The quantitative estimate of drug-likeness (QED) is 0.829. The molecule has 1 amide bonds. The van der Waals surface area contributed by atoms with E-state index in [1.54, 1.807) is 6.07 Å². The summed E-state index contributed by atoms with van der Waals surface area (Å²) in [6.07, 6.45) is 0. The summed E-state index contributed by atoms with van der Waals surface area (Å²) in [5, 5.41) is 0. The molecule has 0 fully saturated rings. The summed E-state index contributed by atoms with van der Waals surface area (Å²) in [6.45, 7) is 1.83. The van der Waals surface area contributed by atoms with Gasteiger partial charge < -0.3 is 0 Å². The van der Waals surface area contributed by atoms with Gasteiger partial charge in [-0.05, 0) is 0 Å². The number of carbonyl (C=O) groups excluding carboxylic acids is 1. The molecule has 2 N–H and O–H groups in total. The molecule has 1 rings (SSSR count). The van der Waals surface area contributed by atoms with Crippen LogP contribution >= 0.6 is 0 Å². The Balaban J connectivity index is 3.20. The van der Waals surface area contributed by atoms with Gasteiger partial charge in [0.25, 0.3) is 0 Å². The molecule has 0 saturated heterocycles. The van der Waals surface area contributed by atoms with Gasteiger partial charge in [-0.15, -0.1) is 0 Å². The number of aryl methyl sites for hydroxylation is 1. The molecular formula is C10H16N2OSn. The van der Waals surface area contributed by atoms with E-state index >= 15 is 0 Å². The summed E-state index contributed by atoms with van der Waals surface area (Å²) in [4.78, 5) is 22.3. The summed E-state index contributed by atoms with van der Waals surface area (Å²) in [5.41, 5.74) is 6.50. The molecular weight excluding hydrogens is 283 g/mol. The number of rotatable bonds is 2. The van der Waals surface area contributed by atoms with E-state index in [2.05, 4.69) is 19.8 Å². The molecule has 0 bridgehead atoms. The summed E-state index contributed by atoms with van der Waals surface area (Å²) < 4.78 is 1.18. The third-order valence-corrected chi connectivity index (χ3v) is 7.30. The molecule has 4 heteroatoms. The van der Waals surface area contributed by atoms with Gasteiger partial charge in [0.1, 0.15) is 0 Å². The monoisotopic (exact) mass is 300 g/mol. The Morgan fingerprint density at radius 3 is 2.29 bits per heavy atom. The first kappa shape index (κ1) is 11.5. The van der Waals surface area contributed by atoms with Gasteiger partial charge in [0.05, 0.1) is 0 Å². The van der Waals surface area contributed by atoms with Gasteiger partial charge in [-0.25, -0.2) is 0 Å². The van der Waals surface area contributed by atoms with Crippen LogP contribution in [-0.4, -0.2) is 29.3 Å². The van der Waals surface area contributed by atoms with Crippen molar-refractivity contribution in [3.8, 4) is 0 Å². The van der Waals surface area contributed by atoms with E-state index in [1.165, 1.54) is 3.71 Å². The summed E-state index contributed by atoms with van der Waals surface area (Å²) >= 11 is -2.10. The average Bonchev–Trinajstić information content (AvgIpc) is 2.01. The van der Waals surface area contributed by atoms with Crippen LogP contribution in [-0.2, 0) is 0 Å². The number of aromatic nitrogens is 1. The number of hydrogen-bond acceptors (Lipinski definition) is 2. The number of nitrogens with zero attached hydrogens (tertiary/aromatic N) is 1. The van der Waals surface area contributed by atoms with E-state index < -0.39 is 24.3 Å². The second-order valence-electron chi connectivity index (χ2n) is 4.44. The zero-order chi connectivity index (χ0) is 10.9. The third-order valence-electron chi connectivity index (χ3n) is 2.12. The number of nitrogens with two attached hydrogens (primary N) is 1. The first-order valence-corrected chi connectivity index (χ1v) is 14.6. The number of carbonyl (C=O) groups is 1. The van der Waals surface area contributed by atoms with Crippen molar-refractivity contribution >= 4 is 28.0 Å². The molecule has 0 aliphatic carbocycles. The molecule has 3 nitrogen and oxygen atoms in total. The molecule has 0 aromatic carbocycles. The Labute approximate surface area is 88.6 Å². The molecule has 0 radical (unpaired) electrons. The van der Waals surface area contributed by atoms with Gasteiger partial charge >= 0.3 is 88.6 Å². The van der Waals surface area contributed by atoms with Crippen LogP contribution in [0.15, 0.2) is 12.1 Å². The first-order chi connectivity index (χ1) is 6.32. The molecule has 0 aliphatic heterocycles. The van der Waals surface area contributed by atoms with E-state index in [-0.39, 0.29) is 0 Å². The third kappa shape index (κ3) is 2.47. The van der Waals surface area contributed by atoms with Crippen LogP contribution in [0.1, 0.15) is 16.1 Å². The number of primary amides is 1. The Hall–Kier alpha value is -0.581. The normalized spacial score (nSPS) is 11.4. The van der Waals surface area contributed by atoms with Gasteiger partial charge in [-0.3, -0.25) is 0 Å². The molecule has 14 heavy (non-hydrogen) atoms. The second-order valence-corrected chi connectivity index (χ2v) is 18.7. The molecule has 0 aliphatic rings. The van der Waals surface area contributed by atoms with E-state index in [0.29, 0.717) is 5.56 Å². The SMILES string of the molecule is Cc1n[c]([Sn]([CH3])([CH3])[CH3])ccc1C(N)=O. The van der Waals surface area contributed by atoms with Crippen LogP contribution in [0.4, 0.5) is 0 Å².